The van der Waals surface area contributed by atoms with Gasteiger partial charge in [-0.1, -0.05) is 35.9 Å². The van der Waals surface area contributed by atoms with Crippen molar-refractivity contribution in [3.63, 3.8) is 0 Å². The molecule has 0 atom stereocenters. The minimum absolute atomic E-state index is 0.217. The largest absolute Gasteiger partial charge is 0.378 e. The van der Waals surface area contributed by atoms with E-state index in [2.05, 4.69) is 17.0 Å². The Labute approximate surface area is 175 Å². The molecule has 6 heteroatoms. The minimum Gasteiger partial charge on any atom is -0.378 e. The molecule has 0 bridgehead atoms. The molecule has 29 heavy (non-hydrogen) atoms. The molecule has 2 heterocycles. The van der Waals surface area contributed by atoms with Crippen LogP contribution in [0.3, 0.4) is 0 Å². The summed E-state index contributed by atoms with van der Waals surface area (Å²) in [6.45, 7) is 7.60. The third kappa shape index (κ3) is 4.38. The lowest BCUT2D eigenvalue weighted by Crippen LogP contribution is -2.36. The molecule has 2 amide bonds. The van der Waals surface area contributed by atoms with Crippen LogP contribution in [0.25, 0.3) is 6.08 Å². The topological polar surface area (TPSA) is 49.9 Å². The molecular weight excluding hydrogens is 384 g/mol. The van der Waals surface area contributed by atoms with Gasteiger partial charge in [-0.15, -0.1) is 0 Å². The molecule has 2 aliphatic rings. The van der Waals surface area contributed by atoms with Crippen LogP contribution in [0.2, 0.25) is 0 Å². The maximum Gasteiger partial charge on any atom is 0.293 e. The molecule has 5 nitrogen and oxygen atoms in total. The van der Waals surface area contributed by atoms with Gasteiger partial charge in [-0.3, -0.25) is 14.5 Å². The molecule has 0 spiro atoms. The standard InChI is InChI=1S/C23H24N2O3S/c1-16-4-3-5-18(12-16)15-25-22(26)21(29-23(25)27)14-19-6-7-20(13-17(19)2)24-8-10-28-11-9-24/h3-7,12-14H,8-11,15H2,1-2H3/b21-14-. The van der Waals surface area contributed by atoms with E-state index in [1.807, 2.05) is 50.3 Å². The van der Waals surface area contributed by atoms with Gasteiger partial charge in [0.2, 0.25) is 0 Å². The van der Waals surface area contributed by atoms with Gasteiger partial charge < -0.3 is 9.64 Å². The van der Waals surface area contributed by atoms with Gasteiger partial charge in [-0.25, -0.2) is 0 Å². The number of thioether (sulfide) groups is 1. The SMILES string of the molecule is Cc1cccc(CN2C(=O)S/C(=C\c3ccc(N4CCOCC4)cc3C)C2=O)c1. The highest BCUT2D eigenvalue weighted by Gasteiger charge is 2.35. The number of carbonyl (C=O) groups excluding carboxylic acids is 2. The molecule has 0 N–H and O–H groups in total. The smallest absolute Gasteiger partial charge is 0.293 e. The number of rotatable bonds is 4. The van der Waals surface area contributed by atoms with E-state index < -0.39 is 0 Å². The summed E-state index contributed by atoms with van der Waals surface area (Å²) >= 11 is 1.01. The van der Waals surface area contributed by atoms with Crippen molar-refractivity contribution < 1.29 is 14.3 Å². The first-order chi connectivity index (χ1) is 14.0. The van der Waals surface area contributed by atoms with Gasteiger partial charge in [-0.05, 0) is 60.5 Å². The summed E-state index contributed by atoms with van der Waals surface area (Å²) in [5.41, 5.74) is 5.28. The lowest BCUT2D eigenvalue weighted by molar-refractivity contribution is -0.123. The number of aryl methyl sites for hydroxylation is 2. The van der Waals surface area contributed by atoms with Crippen LogP contribution in [-0.4, -0.2) is 42.3 Å². The fourth-order valence-corrected chi connectivity index (χ4v) is 4.44. The Kier molecular flexibility index (Phi) is 5.74. The summed E-state index contributed by atoms with van der Waals surface area (Å²) in [7, 11) is 0. The van der Waals surface area contributed by atoms with Crippen molar-refractivity contribution in [3.05, 3.63) is 69.6 Å². The highest BCUT2D eigenvalue weighted by molar-refractivity contribution is 8.18. The molecule has 2 saturated heterocycles. The average Bonchev–Trinajstić information content (AvgIpc) is 2.97. The number of imide groups is 1. The summed E-state index contributed by atoms with van der Waals surface area (Å²) in [5.74, 6) is -0.224. The molecule has 4 rings (SSSR count). The van der Waals surface area contributed by atoms with Crippen molar-refractivity contribution >= 4 is 34.7 Å². The number of amides is 2. The van der Waals surface area contributed by atoms with E-state index in [-0.39, 0.29) is 11.1 Å². The predicted molar refractivity (Wildman–Crippen MR) is 117 cm³/mol. The van der Waals surface area contributed by atoms with Crippen LogP contribution >= 0.6 is 11.8 Å². The second kappa shape index (κ2) is 8.43. The number of hydrogen-bond acceptors (Lipinski definition) is 5. The van der Waals surface area contributed by atoms with Crippen molar-refractivity contribution in [2.75, 3.05) is 31.2 Å². The normalized spacial score (nSPS) is 18.8. The minimum atomic E-state index is -0.224. The van der Waals surface area contributed by atoms with Crippen LogP contribution < -0.4 is 4.90 Å². The lowest BCUT2D eigenvalue weighted by atomic mass is 10.1. The van der Waals surface area contributed by atoms with E-state index in [1.54, 1.807) is 0 Å². The molecule has 0 aliphatic carbocycles. The van der Waals surface area contributed by atoms with Gasteiger partial charge in [0.15, 0.2) is 0 Å². The van der Waals surface area contributed by atoms with Crippen LogP contribution in [0, 0.1) is 13.8 Å². The molecule has 150 valence electrons. The fraction of sp³-hybridized carbons (Fsp3) is 0.304. The van der Waals surface area contributed by atoms with E-state index in [4.69, 9.17) is 4.74 Å². The number of carbonyl (C=O) groups is 2. The third-order valence-electron chi connectivity index (χ3n) is 5.21. The fourth-order valence-electron chi connectivity index (χ4n) is 3.61. The van der Waals surface area contributed by atoms with E-state index >= 15 is 0 Å². The van der Waals surface area contributed by atoms with Gasteiger partial charge >= 0.3 is 0 Å². The van der Waals surface area contributed by atoms with Crippen molar-refractivity contribution in [1.29, 1.82) is 0 Å². The summed E-state index contributed by atoms with van der Waals surface area (Å²) in [6.07, 6.45) is 1.83. The first-order valence-electron chi connectivity index (χ1n) is 9.75. The Morgan fingerprint density at radius 3 is 2.59 bits per heavy atom. The zero-order chi connectivity index (χ0) is 20.4. The van der Waals surface area contributed by atoms with Gasteiger partial charge in [0, 0.05) is 18.8 Å². The maximum absolute atomic E-state index is 12.8. The second-order valence-corrected chi connectivity index (χ2v) is 8.39. The van der Waals surface area contributed by atoms with E-state index in [1.165, 1.54) is 4.90 Å². The zero-order valence-corrected chi connectivity index (χ0v) is 17.5. The van der Waals surface area contributed by atoms with Crippen LogP contribution in [-0.2, 0) is 16.1 Å². The first kappa shape index (κ1) is 19.7. The number of anilines is 1. The average molecular weight is 409 g/mol. The Morgan fingerprint density at radius 1 is 1.07 bits per heavy atom. The molecule has 2 aliphatic heterocycles. The van der Waals surface area contributed by atoms with Gasteiger partial charge in [0.1, 0.15) is 0 Å². The number of morpholine rings is 1. The molecule has 2 fully saturated rings. The Morgan fingerprint density at radius 2 is 1.86 bits per heavy atom. The highest BCUT2D eigenvalue weighted by atomic mass is 32.2. The van der Waals surface area contributed by atoms with Crippen molar-refractivity contribution in [2.45, 2.75) is 20.4 Å². The highest BCUT2D eigenvalue weighted by Crippen LogP contribution is 2.34. The summed E-state index contributed by atoms with van der Waals surface area (Å²) in [4.78, 5) is 29.4. The van der Waals surface area contributed by atoms with E-state index in [0.29, 0.717) is 11.4 Å². The van der Waals surface area contributed by atoms with Gasteiger partial charge in [0.05, 0.1) is 24.7 Å². The van der Waals surface area contributed by atoms with Crippen molar-refractivity contribution in [2.24, 2.45) is 0 Å². The third-order valence-corrected chi connectivity index (χ3v) is 6.12. The number of hydrogen-bond donors (Lipinski definition) is 0. The van der Waals surface area contributed by atoms with Crippen LogP contribution in [0.5, 0.6) is 0 Å². The molecule has 2 aromatic rings. The van der Waals surface area contributed by atoms with Gasteiger partial charge in [-0.2, -0.15) is 0 Å². The number of nitrogens with zero attached hydrogens (tertiary/aromatic N) is 2. The zero-order valence-electron chi connectivity index (χ0n) is 16.7. The van der Waals surface area contributed by atoms with Crippen LogP contribution in [0.4, 0.5) is 10.5 Å². The maximum atomic E-state index is 12.8. The van der Waals surface area contributed by atoms with Gasteiger partial charge in [0.25, 0.3) is 11.1 Å². The molecule has 0 aromatic heterocycles. The monoisotopic (exact) mass is 408 g/mol. The van der Waals surface area contributed by atoms with E-state index in [9.17, 15) is 9.59 Å². The Bertz CT molecular complexity index is 980. The van der Waals surface area contributed by atoms with E-state index in [0.717, 1.165) is 66.0 Å². The molecule has 0 unspecified atom stereocenters. The Hall–Kier alpha value is -2.57. The quantitative estimate of drug-likeness (QED) is 0.703. The number of ether oxygens (including phenoxy) is 1. The van der Waals surface area contributed by atoms with Crippen molar-refractivity contribution in [1.82, 2.24) is 4.90 Å². The Balaban J connectivity index is 1.52. The van der Waals surface area contributed by atoms with Crippen LogP contribution in [0.15, 0.2) is 47.4 Å². The first-order valence-corrected chi connectivity index (χ1v) is 10.6. The summed E-state index contributed by atoms with van der Waals surface area (Å²) in [6, 6.07) is 14.1. The van der Waals surface area contributed by atoms with Crippen LogP contribution in [0.1, 0.15) is 22.3 Å². The lowest BCUT2D eigenvalue weighted by Gasteiger charge is -2.29. The molecule has 0 radical (unpaired) electrons. The summed E-state index contributed by atoms with van der Waals surface area (Å²) in [5, 5.41) is -0.217. The second-order valence-electron chi connectivity index (χ2n) is 7.40. The number of benzene rings is 2. The summed E-state index contributed by atoms with van der Waals surface area (Å²) < 4.78 is 5.42. The molecule has 2 aromatic carbocycles. The predicted octanol–water partition coefficient (Wildman–Crippen LogP) is 4.38. The molecular formula is C23H24N2O3S. The van der Waals surface area contributed by atoms with Crippen molar-refractivity contribution in [3.8, 4) is 0 Å². The molecule has 0 saturated carbocycles.